The summed E-state index contributed by atoms with van der Waals surface area (Å²) in [5.41, 5.74) is 5.40. The third-order valence-corrected chi connectivity index (χ3v) is 3.18. The number of hydrogen-bond acceptors (Lipinski definition) is 5. The van der Waals surface area contributed by atoms with Gasteiger partial charge in [0, 0.05) is 25.8 Å². The van der Waals surface area contributed by atoms with Gasteiger partial charge in [-0.1, -0.05) is 0 Å². The Labute approximate surface area is 108 Å². The number of alkyl halides is 3. The topological polar surface area (TPSA) is 75.3 Å². The van der Waals surface area contributed by atoms with Crippen LogP contribution in [0.2, 0.25) is 0 Å². The Morgan fingerprint density at radius 1 is 1.32 bits per heavy atom. The zero-order chi connectivity index (χ0) is 14.0. The lowest BCUT2D eigenvalue weighted by Crippen LogP contribution is -2.35. The highest BCUT2D eigenvalue weighted by molar-refractivity contribution is 5.47. The number of rotatable bonds is 2. The molecule has 0 unspecified atom stereocenters. The second-order valence-electron chi connectivity index (χ2n) is 4.59. The number of halogens is 3. The average Bonchev–Trinajstić information content (AvgIpc) is 2.37. The maximum Gasteiger partial charge on any atom is 0.451 e. The van der Waals surface area contributed by atoms with E-state index in [0.717, 1.165) is 12.8 Å². The fourth-order valence-electron chi connectivity index (χ4n) is 2.09. The number of anilines is 2. The van der Waals surface area contributed by atoms with Crippen LogP contribution in [0.1, 0.15) is 18.7 Å². The van der Waals surface area contributed by atoms with E-state index in [-0.39, 0.29) is 24.2 Å². The number of nitrogen functional groups attached to an aromatic ring is 1. The van der Waals surface area contributed by atoms with Gasteiger partial charge < -0.3 is 15.7 Å². The van der Waals surface area contributed by atoms with Gasteiger partial charge in [-0.05, 0) is 18.8 Å². The summed E-state index contributed by atoms with van der Waals surface area (Å²) in [7, 11) is 0. The average molecular weight is 276 g/mol. The van der Waals surface area contributed by atoms with E-state index < -0.39 is 12.0 Å². The Balaban J connectivity index is 2.19. The third-order valence-electron chi connectivity index (χ3n) is 3.18. The first-order valence-corrected chi connectivity index (χ1v) is 5.97. The number of aliphatic hydroxyl groups excluding tert-OH is 1. The van der Waals surface area contributed by atoms with Gasteiger partial charge in [-0.25, -0.2) is 9.97 Å². The van der Waals surface area contributed by atoms with Crippen molar-refractivity contribution in [1.29, 1.82) is 0 Å². The molecule has 0 radical (unpaired) electrons. The first-order valence-electron chi connectivity index (χ1n) is 5.97. The van der Waals surface area contributed by atoms with Crippen LogP contribution in [0.4, 0.5) is 24.8 Å². The minimum atomic E-state index is -4.60. The highest BCUT2D eigenvalue weighted by Crippen LogP contribution is 2.29. The molecule has 1 aromatic heterocycles. The fraction of sp³-hybridized carbons (Fsp3) is 0.636. The summed E-state index contributed by atoms with van der Waals surface area (Å²) >= 11 is 0. The molecule has 1 fully saturated rings. The normalized spacial score (nSPS) is 17.8. The summed E-state index contributed by atoms with van der Waals surface area (Å²) in [5, 5.41) is 9.03. The molecule has 1 aromatic rings. The summed E-state index contributed by atoms with van der Waals surface area (Å²) in [6, 6.07) is 1.34. The van der Waals surface area contributed by atoms with Crippen LogP contribution in [0, 0.1) is 5.92 Å². The van der Waals surface area contributed by atoms with Crippen molar-refractivity contribution >= 4 is 11.6 Å². The Kier molecular flexibility index (Phi) is 3.79. The Morgan fingerprint density at radius 2 is 1.95 bits per heavy atom. The van der Waals surface area contributed by atoms with Gasteiger partial charge in [0.05, 0.1) is 0 Å². The minimum Gasteiger partial charge on any atom is -0.396 e. The predicted octanol–water partition coefficient (Wildman–Crippen LogP) is 1.29. The lowest BCUT2D eigenvalue weighted by molar-refractivity contribution is -0.144. The summed E-state index contributed by atoms with van der Waals surface area (Å²) in [6.07, 6.45) is -3.16. The predicted molar refractivity (Wildman–Crippen MR) is 63.5 cm³/mol. The molecule has 2 heterocycles. The maximum atomic E-state index is 12.6. The van der Waals surface area contributed by atoms with E-state index in [1.807, 2.05) is 0 Å². The van der Waals surface area contributed by atoms with Gasteiger partial charge in [-0.3, -0.25) is 0 Å². The molecule has 0 bridgehead atoms. The molecule has 0 spiro atoms. The van der Waals surface area contributed by atoms with Gasteiger partial charge in [-0.2, -0.15) is 13.2 Å². The summed E-state index contributed by atoms with van der Waals surface area (Å²) < 4.78 is 37.8. The van der Waals surface area contributed by atoms with Crippen LogP contribution >= 0.6 is 0 Å². The second-order valence-corrected chi connectivity index (χ2v) is 4.59. The monoisotopic (exact) mass is 276 g/mol. The van der Waals surface area contributed by atoms with Crippen molar-refractivity contribution in [2.45, 2.75) is 19.0 Å². The molecule has 5 nitrogen and oxygen atoms in total. The van der Waals surface area contributed by atoms with Crippen LogP contribution in [-0.4, -0.2) is 34.8 Å². The minimum absolute atomic E-state index is 0.105. The highest BCUT2D eigenvalue weighted by atomic mass is 19.4. The molecule has 1 aliphatic heterocycles. The number of aromatic nitrogens is 2. The molecule has 3 N–H and O–H groups in total. The van der Waals surface area contributed by atoms with Gasteiger partial charge >= 0.3 is 6.18 Å². The number of nitrogens with zero attached hydrogens (tertiary/aromatic N) is 3. The first kappa shape index (κ1) is 13.9. The van der Waals surface area contributed by atoms with Crippen LogP contribution in [0.3, 0.4) is 0 Å². The van der Waals surface area contributed by atoms with E-state index in [1.165, 1.54) is 6.07 Å². The van der Waals surface area contributed by atoms with Gasteiger partial charge in [-0.15, -0.1) is 0 Å². The van der Waals surface area contributed by atoms with Gasteiger partial charge in [0.15, 0.2) is 0 Å². The molecular weight excluding hydrogens is 261 g/mol. The lowest BCUT2D eigenvalue weighted by Gasteiger charge is -2.32. The van der Waals surface area contributed by atoms with Crippen molar-refractivity contribution in [1.82, 2.24) is 9.97 Å². The quantitative estimate of drug-likeness (QED) is 0.851. The molecule has 1 saturated heterocycles. The van der Waals surface area contributed by atoms with E-state index in [0.29, 0.717) is 13.1 Å². The Morgan fingerprint density at radius 3 is 2.47 bits per heavy atom. The van der Waals surface area contributed by atoms with E-state index in [4.69, 9.17) is 10.8 Å². The SMILES string of the molecule is Nc1cc(N2CCC(CO)CC2)nc(C(F)(F)F)n1. The van der Waals surface area contributed by atoms with Crippen LogP contribution in [-0.2, 0) is 6.18 Å². The molecule has 8 heteroatoms. The Bertz CT molecular complexity index is 444. The van der Waals surface area contributed by atoms with E-state index in [1.54, 1.807) is 4.90 Å². The van der Waals surface area contributed by atoms with Crippen molar-refractivity contribution in [2.75, 3.05) is 30.3 Å². The van der Waals surface area contributed by atoms with Gasteiger partial charge in [0.25, 0.3) is 0 Å². The highest BCUT2D eigenvalue weighted by Gasteiger charge is 2.36. The zero-order valence-corrected chi connectivity index (χ0v) is 10.2. The number of hydrogen-bond donors (Lipinski definition) is 2. The van der Waals surface area contributed by atoms with Crippen molar-refractivity contribution in [3.8, 4) is 0 Å². The van der Waals surface area contributed by atoms with Crippen molar-refractivity contribution < 1.29 is 18.3 Å². The number of piperidine rings is 1. The van der Waals surface area contributed by atoms with Crippen LogP contribution in [0.15, 0.2) is 6.07 Å². The van der Waals surface area contributed by atoms with Crippen LogP contribution in [0.25, 0.3) is 0 Å². The largest absolute Gasteiger partial charge is 0.451 e. The number of nitrogens with two attached hydrogens (primary N) is 1. The molecule has 0 aromatic carbocycles. The summed E-state index contributed by atoms with van der Waals surface area (Å²) in [4.78, 5) is 8.47. The van der Waals surface area contributed by atoms with Gasteiger partial charge in [0.2, 0.25) is 5.82 Å². The summed E-state index contributed by atoms with van der Waals surface area (Å²) in [6.45, 7) is 1.21. The smallest absolute Gasteiger partial charge is 0.396 e. The fourth-order valence-corrected chi connectivity index (χ4v) is 2.09. The molecule has 106 valence electrons. The second kappa shape index (κ2) is 5.20. The zero-order valence-electron chi connectivity index (χ0n) is 10.2. The lowest BCUT2D eigenvalue weighted by atomic mass is 9.98. The molecule has 1 aliphatic rings. The standard InChI is InChI=1S/C11H15F3N4O/c12-11(13,14)10-16-8(15)5-9(17-10)18-3-1-7(6-19)2-4-18/h5,7,19H,1-4,6H2,(H2,15,16,17). The van der Waals surface area contributed by atoms with E-state index in [9.17, 15) is 13.2 Å². The number of aliphatic hydroxyl groups is 1. The molecular formula is C11H15F3N4O. The molecule has 19 heavy (non-hydrogen) atoms. The van der Waals surface area contributed by atoms with E-state index >= 15 is 0 Å². The molecule has 0 amide bonds. The molecule has 0 saturated carbocycles. The molecule has 2 rings (SSSR count). The van der Waals surface area contributed by atoms with Crippen molar-refractivity contribution in [3.05, 3.63) is 11.9 Å². The molecule has 0 aliphatic carbocycles. The molecule has 0 atom stereocenters. The third kappa shape index (κ3) is 3.25. The van der Waals surface area contributed by atoms with Crippen molar-refractivity contribution in [2.24, 2.45) is 5.92 Å². The van der Waals surface area contributed by atoms with Crippen LogP contribution < -0.4 is 10.6 Å². The summed E-state index contributed by atoms with van der Waals surface area (Å²) in [5.74, 6) is -1.01. The van der Waals surface area contributed by atoms with Crippen molar-refractivity contribution in [3.63, 3.8) is 0 Å². The first-order chi connectivity index (χ1) is 8.90. The maximum absolute atomic E-state index is 12.6. The van der Waals surface area contributed by atoms with Gasteiger partial charge in [0.1, 0.15) is 11.6 Å². The van der Waals surface area contributed by atoms with Crippen LogP contribution in [0.5, 0.6) is 0 Å². The van der Waals surface area contributed by atoms with E-state index in [2.05, 4.69) is 9.97 Å². The Hall–Kier alpha value is -1.57.